The number of carbonyl (C=O) groups excluding carboxylic acids is 3. The lowest BCUT2D eigenvalue weighted by Gasteiger charge is -2.23. The van der Waals surface area contributed by atoms with Gasteiger partial charge in [-0.25, -0.2) is 4.79 Å². The van der Waals surface area contributed by atoms with Gasteiger partial charge in [0.05, 0.1) is 17.7 Å². The normalized spacial score (nSPS) is 14.2. The molecule has 0 bridgehead atoms. The topological polar surface area (TPSA) is 63.7 Å². The van der Waals surface area contributed by atoms with Crippen molar-refractivity contribution in [3.63, 3.8) is 0 Å². The number of fused-ring (bicyclic) bond motifs is 1. The zero-order chi connectivity index (χ0) is 19.2. The van der Waals surface area contributed by atoms with Crippen LogP contribution in [-0.4, -0.2) is 41.1 Å². The van der Waals surface area contributed by atoms with E-state index in [9.17, 15) is 14.4 Å². The first-order valence-corrected chi connectivity index (χ1v) is 11.0. The van der Waals surface area contributed by atoms with Gasteiger partial charge in [-0.05, 0) is 24.6 Å². The van der Waals surface area contributed by atoms with Crippen LogP contribution in [0, 0.1) is 0 Å². The Hall–Kier alpha value is -2.25. The highest BCUT2D eigenvalue weighted by Crippen LogP contribution is 2.31. The van der Waals surface area contributed by atoms with Gasteiger partial charge in [0.1, 0.15) is 6.04 Å². The van der Waals surface area contributed by atoms with Gasteiger partial charge in [0.15, 0.2) is 0 Å². The molecule has 1 aliphatic rings. The van der Waals surface area contributed by atoms with E-state index < -0.39 is 23.8 Å². The number of ether oxygens (including phenoxy) is 1. The van der Waals surface area contributed by atoms with Crippen molar-refractivity contribution in [3.05, 3.63) is 71.3 Å². The van der Waals surface area contributed by atoms with Gasteiger partial charge in [0.25, 0.3) is 11.8 Å². The maximum atomic E-state index is 12.7. The van der Waals surface area contributed by atoms with Crippen molar-refractivity contribution in [1.82, 2.24) is 4.90 Å². The van der Waals surface area contributed by atoms with Crippen LogP contribution in [0.4, 0.5) is 0 Å². The van der Waals surface area contributed by atoms with Crippen LogP contribution >= 0.6 is 21.6 Å². The highest BCUT2D eigenvalue weighted by Gasteiger charge is 2.43. The van der Waals surface area contributed by atoms with Crippen molar-refractivity contribution >= 4 is 39.4 Å². The number of esters is 1. The molecular weight excluding hydrogens is 382 g/mol. The number of benzene rings is 2. The van der Waals surface area contributed by atoms with Gasteiger partial charge < -0.3 is 4.74 Å². The lowest BCUT2D eigenvalue weighted by Crippen LogP contribution is -2.47. The third-order valence-electron chi connectivity index (χ3n) is 4.07. The molecule has 1 unspecified atom stereocenters. The van der Waals surface area contributed by atoms with Crippen LogP contribution in [0.2, 0.25) is 0 Å². The fourth-order valence-corrected chi connectivity index (χ4v) is 5.03. The molecule has 2 aromatic rings. The minimum Gasteiger partial charge on any atom is -0.464 e. The molecule has 2 aromatic carbocycles. The quantitative estimate of drug-likeness (QED) is 0.290. The van der Waals surface area contributed by atoms with Gasteiger partial charge in [-0.2, -0.15) is 0 Å². The largest absolute Gasteiger partial charge is 0.464 e. The SMILES string of the molecule is CCOC(=O)C(CSSCc1ccccc1)N1C(=O)c2ccccc2C1=O. The van der Waals surface area contributed by atoms with E-state index in [1.807, 2.05) is 30.3 Å². The number of carbonyl (C=O) groups is 3. The highest BCUT2D eigenvalue weighted by atomic mass is 33.1. The molecule has 0 spiro atoms. The van der Waals surface area contributed by atoms with Crippen molar-refractivity contribution < 1.29 is 19.1 Å². The van der Waals surface area contributed by atoms with Gasteiger partial charge in [0.2, 0.25) is 0 Å². The molecule has 2 amide bonds. The zero-order valence-corrected chi connectivity index (χ0v) is 16.4. The number of amides is 2. The predicted molar refractivity (Wildman–Crippen MR) is 108 cm³/mol. The maximum absolute atomic E-state index is 12.7. The lowest BCUT2D eigenvalue weighted by molar-refractivity contribution is -0.146. The van der Waals surface area contributed by atoms with Gasteiger partial charge >= 0.3 is 5.97 Å². The van der Waals surface area contributed by atoms with E-state index in [0.29, 0.717) is 11.1 Å². The second-order valence-corrected chi connectivity index (χ2v) is 8.33. The Balaban J connectivity index is 1.69. The molecule has 3 rings (SSSR count). The third-order valence-corrected chi connectivity index (χ3v) is 6.40. The fraction of sp³-hybridized carbons (Fsp3) is 0.250. The van der Waals surface area contributed by atoms with Crippen LogP contribution in [0.15, 0.2) is 54.6 Å². The van der Waals surface area contributed by atoms with Crippen LogP contribution < -0.4 is 0 Å². The van der Waals surface area contributed by atoms with Crippen LogP contribution in [-0.2, 0) is 15.3 Å². The van der Waals surface area contributed by atoms with E-state index in [2.05, 4.69) is 0 Å². The summed E-state index contributed by atoms with van der Waals surface area (Å²) in [5.41, 5.74) is 1.83. The molecule has 0 saturated heterocycles. The van der Waals surface area contributed by atoms with Crippen LogP contribution in [0.1, 0.15) is 33.2 Å². The van der Waals surface area contributed by atoms with E-state index >= 15 is 0 Å². The molecule has 0 saturated carbocycles. The van der Waals surface area contributed by atoms with Crippen LogP contribution in [0.3, 0.4) is 0 Å². The molecule has 5 nitrogen and oxygen atoms in total. The summed E-state index contributed by atoms with van der Waals surface area (Å²) in [6, 6.07) is 15.6. The summed E-state index contributed by atoms with van der Waals surface area (Å²) in [5, 5.41) is 0. The Bertz CT molecular complexity index is 806. The van der Waals surface area contributed by atoms with Gasteiger partial charge in [-0.1, -0.05) is 64.1 Å². The van der Waals surface area contributed by atoms with Crippen molar-refractivity contribution in [2.75, 3.05) is 12.4 Å². The van der Waals surface area contributed by atoms with E-state index in [1.165, 1.54) is 16.4 Å². The number of hydrogen-bond acceptors (Lipinski definition) is 6. The fourth-order valence-electron chi connectivity index (χ4n) is 2.77. The highest BCUT2D eigenvalue weighted by molar-refractivity contribution is 8.76. The molecule has 0 N–H and O–H groups in total. The Morgan fingerprint density at radius 2 is 1.56 bits per heavy atom. The summed E-state index contributed by atoms with van der Waals surface area (Å²) >= 11 is 0. The summed E-state index contributed by atoms with van der Waals surface area (Å²) in [6.45, 7) is 1.90. The van der Waals surface area contributed by atoms with E-state index in [-0.39, 0.29) is 12.4 Å². The summed E-state index contributed by atoms with van der Waals surface area (Å²) in [4.78, 5) is 38.9. The number of imide groups is 1. The molecule has 0 fully saturated rings. The molecule has 0 radical (unpaired) electrons. The Morgan fingerprint density at radius 1 is 0.963 bits per heavy atom. The lowest BCUT2D eigenvalue weighted by atomic mass is 10.1. The molecule has 140 valence electrons. The molecule has 1 aliphatic heterocycles. The molecule has 0 aromatic heterocycles. The summed E-state index contributed by atoms with van der Waals surface area (Å²) < 4.78 is 5.12. The minimum atomic E-state index is -0.939. The smallest absolute Gasteiger partial charge is 0.330 e. The summed E-state index contributed by atoms with van der Waals surface area (Å²) in [7, 11) is 3.02. The Morgan fingerprint density at radius 3 is 2.15 bits per heavy atom. The molecule has 1 heterocycles. The number of nitrogens with zero attached hydrogens (tertiary/aromatic N) is 1. The van der Waals surface area contributed by atoms with E-state index in [4.69, 9.17) is 4.74 Å². The maximum Gasteiger partial charge on any atom is 0.330 e. The molecular formula is C20H19NO4S2. The second kappa shape index (κ2) is 9.10. The van der Waals surface area contributed by atoms with Gasteiger partial charge in [0, 0.05) is 11.5 Å². The first-order chi connectivity index (χ1) is 13.1. The zero-order valence-electron chi connectivity index (χ0n) is 14.8. The van der Waals surface area contributed by atoms with Crippen LogP contribution in [0.25, 0.3) is 0 Å². The average Bonchev–Trinajstić information content (AvgIpc) is 2.94. The van der Waals surface area contributed by atoms with Crippen LogP contribution in [0.5, 0.6) is 0 Å². The van der Waals surface area contributed by atoms with E-state index in [1.54, 1.807) is 42.0 Å². The predicted octanol–water partition coefficient (Wildman–Crippen LogP) is 3.80. The average molecular weight is 402 g/mol. The Kier molecular flexibility index (Phi) is 6.58. The number of rotatable bonds is 8. The van der Waals surface area contributed by atoms with E-state index in [0.717, 1.165) is 10.7 Å². The first kappa shape index (κ1) is 19.5. The minimum absolute atomic E-state index is 0.195. The van der Waals surface area contributed by atoms with Gasteiger partial charge in [-0.15, -0.1) is 0 Å². The molecule has 1 atom stereocenters. The third kappa shape index (κ3) is 4.36. The summed E-state index contributed by atoms with van der Waals surface area (Å²) in [5.74, 6) is -0.394. The Labute approximate surface area is 165 Å². The first-order valence-electron chi connectivity index (χ1n) is 8.55. The van der Waals surface area contributed by atoms with Crippen molar-refractivity contribution in [1.29, 1.82) is 0 Å². The van der Waals surface area contributed by atoms with Crippen molar-refractivity contribution in [2.45, 2.75) is 18.7 Å². The summed E-state index contributed by atoms with van der Waals surface area (Å²) in [6.07, 6.45) is 0. The number of hydrogen-bond donors (Lipinski definition) is 0. The van der Waals surface area contributed by atoms with Gasteiger partial charge in [-0.3, -0.25) is 14.5 Å². The molecule has 0 aliphatic carbocycles. The molecule has 27 heavy (non-hydrogen) atoms. The standard InChI is InChI=1S/C20H19NO4S2/c1-2-25-20(24)17(13-27-26-12-14-8-4-3-5-9-14)21-18(22)15-10-6-7-11-16(15)19(21)23/h3-11,17H,2,12-13H2,1H3. The van der Waals surface area contributed by atoms with Crippen molar-refractivity contribution in [3.8, 4) is 0 Å². The van der Waals surface area contributed by atoms with Crippen molar-refractivity contribution in [2.24, 2.45) is 0 Å². The molecule has 7 heteroatoms. The second-order valence-electron chi connectivity index (χ2n) is 5.83. The monoisotopic (exact) mass is 401 g/mol.